The van der Waals surface area contributed by atoms with E-state index in [1.54, 1.807) is 23.4 Å². The van der Waals surface area contributed by atoms with Crippen LogP contribution >= 0.6 is 0 Å². The Morgan fingerprint density at radius 1 is 1.07 bits per heavy atom. The van der Waals surface area contributed by atoms with Crippen LogP contribution in [0.4, 0.5) is 4.39 Å². The third kappa shape index (κ3) is 3.91. The van der Waals surface area contributed by atoms with Gasteiger partial charge in [0, 0.05) is 36.7 Å². The highest BCUT2D eigenvalue weighted by atomic mass is 32.2. The number of aliphatic hydroxyl groups is 1. The van der Waals surface area contributed by atoms with Crippen LogP contribution < -0.4 is 0 Å². The van der Waals surface area contributed by atoms with E-state index < -0.39 is 10.0 Å². The molecule has 0 radical (unpaired) electrons. The van der Waals surface area contributed by atoms with Gasteiger partial charge in [0.2, 0.25) is 10.0 Å². The molecular weight excluding hydrogens is 403 g/mol. The van der Waals surface area contributed by atoms with E-state index in [4.69, 9.17) is 0 Å². The molecule has 0 aromatic heterocycles. The van der Waals surface area contributed by atoms with E-state index in [2.05, 4.69) is 4.90 Å². The van der Waals surface area contributed by atoms with Gasteiger partial charge in [0.1, 0.15) is 5.82 Å². The molecular formula is C23H29FN2O3S. The van der Waals surface area contributed by atoms with Gasteiger partial charge in [-0.05, 0) is 43.5 Å². The van der Waals surface area contributed by atoms with E-state index in [-0.39, 0.29) is 36.2 Å². The molecule has 30 heavy (non-hydrogen) atoms. The monoisotopic (exact) mass is 432 g/mol. The molecule has 0 bridgehead atoms. The molecule has 4 rings (SSSR count). The van der Waals surface area contributed by atoms with Crippen molar-refractivity contribution < 1.29 is 17.9 Å². The van der Waals surface area contributed by atoms with Crippen LogP contribution in [0.1, 0.15) is 31.2 Å². The lowest BCUT2D eigenvalue weighted by Crippen LogP contribution is -2.67. The van der Waals surface area contributed by atoms with Crippen molar-refractivity contribution in [2.75, 3.05) is 32.0 Å². The van der Waals surface area contributed by atoms with Crippen molar-refractivity contribution in [2.24, 2.45) is 0 Å². The fourth-order valence-corrected chi connectivity index (χ4v) is 6.08. The number of sulfonamides is 1. The summed E-state index contributed by atoms with van der Waals surface area (Å²) in [7, 11) is -3.26. The Morgan fingerprint density at radius 3 is 2.43 bits per heavy atom. The largest absolute Gasteiger partial charge is 0.395 e. The smallest absolute Gasteiger partial charge is 0.213 e. The van der Waals surface area contributed by atoms with E-state index in [1.165, 1.54) is 6.07 Å². The van der Waals surface area contributed by atoms with Crippen LogP contribution in [0.15, 0.2) is 48.5 Å². The van der Waals surface area contributed by atoms with Crippen molar-refractivity contribution in [1.29, 1.82) is 0 Å². The highest BCUT2D eigenvalue weighted by Crippen LogP contribution is 2.42. The summed E-state index contributed by atoms with van der Waals surface area (Å²) in [5.41, 5.74) is 2.43. The number of aliphatic hydroxyl groups excluding tert-OH is 1. The second-order valence-electron chi connectivity index (χ2n) is 8.15. The number of hydrogen-bond donors (Lipinski definition) is 1. The summed E-state index contributed by atoms with van der Waals surface area (Å²) < 4.78 is 40.8. The Bertz CT molecular complexity index is 980. The van der Waals surface area contributed by atoms with Crippen LogP contribution in [-0.4, -0.2) is 66.8 Å². The van der Waals surface area contributed by atoms with Gasteiger partial charge in [0.05, 0.1) is 12.4 Å². The standard InChI is InChI=1S/C23H29FN2O3S/c1-2-30(28,29)25-13-5-6-14-26-21(15-25)23(22(26)16-27)18-11-9-17(10-12-18)19-7-3-4-8-20(19)24/h3-4,7-12,21-23,27H,2,5-6,13-16H2,1H3/t21-,22+,23-/m0/s1. The zero-order valence-electron chi connectivity index (χ0n) is 17.2. The van der Waals surface area contributed by atoms with Crippen molar-refractivity contribution >= 4 is 10.0 Å². The maximum atomic E-state index is 14.1. The van der Waals surface area contributed by atoms with Crippen LogP contribution in [0.2, 0.25) is 0 Å². The predicted molar refractivity (Wildman–Crippen MR) is 116 cm³/mol. The Labute approximate surface area is 178 Å². The molecule has 0 saturated carbocycles. The zero-order valence-corrected chi connectivity index (χ0v) is 18.1. The number of fused-ring (bicyclic) bond motifs is 1. The molecule has 2 heterocycles. The Hall–Kier alpha value is -1.80. The molecule has 162 valence electrons. The van der Waals surface area contributed by atoms with Crippen molar-refractivity contribution in [2.45, 2.75) is 37.8 Å². The number of nitrogens with zero attached hydrogens (tertiary/aromatic N) is 2. The van der Waals surface area contributed by atoms with Crippen molar-refractivity contribution in [3.05, 3.63) is 59.9 Å². The summed E-state index contributed by atoms with van der Waals surface area (Å²) in [6, 6.07) is 14.5. The van der Waals surface area contributed by atoms with Gasteiger partial charge < -0.3 is 5.11 Å². The van der Waals surface area contributed by atoms with Gasteiger partial charge in [0.25, 0.3) is 0 Å². The molecule has 0 spiro atoms. The lowest BCUT2D eigenvalue weighted by atomic mass is 9.74. The Morgan fingerprint density at radius 2 is 1.77 bits per heavy atom. The summed E-state index contributed by atoms with van der Waals surface area (Å²) in [6.07, 6.45) is 1.75. The summed E-state index contributed by atoms with van der Waals surface area (Å²) >= 11 is 0. The second kappa shape index (κ2) is 8.75. The maximum Gasteiger partial charge on any atom is 0.213 e. The molecule has 2 saturated heterocycles. The minimum absolute atomic E-state index is 0.0152. The molecule has 2 fully saturated rings. The van der Waals surface area contributed by atoms with E-state index in [9.17, 15) is 17.9 Å². The van der Waals surface area contributed by atoms with Crippen LogP contribution in [0.5, 0.6) is 0 Å². The lowest BCUT2D eigenvalue weighted by Gasteiger charge is -2.57. The third-order valence-corrected chi connectivity index (χ3v) is 8.42. The topological polar surface area (TPSA) is 60.9 Å². The lowest BCUT2D eigenvalue weighted by molar-refractivity contribution is -0.0553. The van der Waals surface area contributed by atoms with Gasteiger partial charge >= 0.3 is 0 Å². The first kappa shape index (κ1) is 21.4. The van der Waals surface area contributed by atoms with Gasteiger partial charge in [-0.15, -0.1) is 0 Å². The molecule has 7 heteroatoms. The molecule has 1 N–H and O–H groups in total. The second-order valence-corrected chi connectivity index (χ2v) is 10.4. The van der Waals surface area contributed by atoms with E-state index in [0.29, 0.717) is 18.7 Å². The van der Waals surface area contributed by atoms with E-state index in [1.807, 2.05) is 30.3 Å². The van der Waals surface area contributed by atoms with Gasteiger partial charge in [0.15, 0.2) is 0 Å². The molecule has 2 aliphatic rings. The maximum absolute atomic E-state index is 14.1. The minimum Gasteiger partial charge on any atom is -0.395 e. The van der Waals surface area contributed by atoms with Crippen molar-refractivity contribution in [1.82, 2.24) is 9.21 Å². The highest BCUT2D eigenvalue weighted by molar-refractivity contribution is 7.89. The summed E-state index contributed by atoms with van der Waals surface area (Å²) in [6.45, 7) is 3.61. The zero-order chi connectivity index (χ0) is 21.3. The normalized spacial score (nSPS) is 25.8. The number of rotatable bonds is 5. The summed E-state index contributed by atoms with van der Waals surface area (Å²) in [5, 5.41) is 10.0. The van der Waals surface area contributed by atoms with Crippen LogP contribution in [0, 0.1) is 5.82 Å². The molecule has 5 nitrogen and oxygen atoms in total. The van der Waals surface area contributed by atoms with E-state index in [0.717, 1.165) is 30.5 Å². The molecule has 2 aromatic carbocycles. The molecule has 2 aliphatic heterocycles. The Balaban J connectivity index is 1.61. The first-order chi connectivity index (χ1) is 14.5. The fraction of sp³-hybridized carbons (Fsp3) is 0.478. The average Bonchev–Trinajstić information content (AvgIpc) is 2.73. The summed E-state index contributed by atoms with van der Waals surface area (Å²) in [4.78, 5) is 2.26. The average molecular weight is 433 g/mol. The molecule has 0 unspecified atom stereocenters. The summed E-state index contributed by atoms with van der Waals surface area (Å²) in [5.74, 6) is -0.100. The number of halogens is 1. The van der Waals surface area contributed by atoms with Gasteiger partial charge in [-0.1, -0.05) is 42.5 Å². The van der Waals surface area contributed by atoms with Crippen molar-refractivity contribution in [3.8, 4) is 11.1 Å². The number of benzene rings is 2. The molecule has 0 aliphatic carbocycles. The first-order valence-corrected chi connectivity index (χ1v) is 12.3. The predicted octanol–water partition coefficient (Wildman–Crippen LogP) is 3.07. The Kier molecular flexibility index (Phi) is 6.25. The van der Waals surface area contributed by atoms with Crippen molar-refractivity contribution in [3.63, 3.8) is 0 Å². The quantitative estimate of drug-likeness (QED) is 0.789. The van der Waals surface area contributed by atoms with Crippen LogP contribution in [0.3, 0.4) is 0 Å². The first-order valence-electron chi connectivity index (χ1n) is 10.7. The number of hydrogen-bond acceptors (Lipinski definition) is 4. The van der Waals surface area contributed by atoms with Gasteiger partial charge in [-0.3, -0.25) is 4.90 Å². The minimum atomic E-state index is -3.26. The van der Waals surface area contributed by atoms with Crippen LogP contribution in [-0.2, 0) is 10.0 Å². The molecule has 3 atom stereocenters. The van der Waals surface area contributed by atoms with Gasteiger partial charge in [-0.25, -0.2) is 17.1 Å². The van der Waals surface area contributed by atoms with E-state index >= 15 is 0 Å². The molecule has 0 amide bonds. The fourth-order valence-electron chi connectivity index (χ4n) is 4.92. The SMILES string of the molecule is CCS(=O)(=O)N1CCCCN2[C@H](CO)[C@@H](c3ccc(-c4ccccc4F)cc3)[C@@H]2C1. The highest BCUT2D eigenvalue weighted by Gasteiger charge is 2.50. The third-order valence-electron chi connectivity index (χ3n) is 6.57. The van der Waals surface area contributed by atoms with Crippen LogP contribution in [0.25, 0.3) is 11.1 Å². The molecule has 2 aromatic rings. The van der Waals surface area contributed by atoms with Gasteiger partial charge in [-0.2, -0.15) is 0 Å².